The van der Waals surface area contributed by atoms with Crippen molar-refractivity contribution < 1.29 is 23.1 Å². The Morgan fingerprint density at radius 1 is 1.16 bits per heavy atom. The van der Waals surface area contributed by atoms with Gasteiger partial charge < -0.3 is 15.3 Å². The molecule has 2 aromatic rings. The molecule has 9 heteroatoms. The summed E-state index contributed by atoms with van der Waals surface area (Å²) >= 11 is 1.57. The van der Waals surface area contributed by atoms with Gasteiger partial charge in [0.15, 0.2) is 0 Å². The van der Waals surface area contributed by atoms with E-state index in [-0.39, 0.29) is 24.4 Å². The van der Waals surface area contributed by atoms with E-state index in [4.69, 9.17) is 0 Å². The lowest BCUT2D eigenvalue weighted by Gasteiger charge is -2.40. The molecule has 0 spiro atoms. The van der Waals surface area contributed by atoms with Crippen molar-refractivity contribution in [3.05, 3.63) is 51.0 Å². The molecule has 208 valence electrons. The molecule has 2 N–H and O–H groups in total. The third-order valence-electron chi connectivity index (χ3n) is 9.22. The number of hydrogen-bond donors (Lipinski definition) is 2. The summed E-state index contributed by atoms with van der Waals surface area (Å²) in [5.74, 6) is 0.214. The Hall–Kier alpha value is -1.97. The molecule has 2 atom stereocenters. The molecule has 1 aromatic heterocycles. The van der Waals surface area contributed by atoms with Crippen LogP contribution in [-0.2, 0) is 29.5 Å². The normalized spacial score (nSPS) is 30.1. The molecule has 2 fully saturated rings. The van der Waals surface area contributed by atoms with Gasteiger partial charge in [-0.3, -0.25) is 4.79 Å². The molecule has 38 heavy (non-hydrogen) atoms. The minimum absolute atomic E-state index is 0.0806. The Kier molecular flexibility index (Phi) is 7.41. The van der Waals surface area contributed by atoms with Crippen LogP contribution in [0, 0.1) is 18.3 Å². The van der Waals surface area contributed by atoms with Crippen LogP contribution < -0.4 is 5.32 Å². The summed E-state index contributed by atoms with van der Waals surface area (Å²) in [5, 5.41) is 15.8. The molecule has 1 unspecified atom stereocenters. The highest BCUT2D eigenvalue weighted by Crippen LogP contribution is 2.47. The summed E-state index contributed by atoms with van der Waals surface area (Å²) in [4.78, 5) is 21.3. The van der Waals surface area contributed by atoms with E-state index < -0.39 is 22.8 Å². The molecule has 1 amide bonds. The van der Waals surface area contributed by atoms with Crippen molar-refractivity contribution in [1.29, 1.82) is 0 Å². The fraction of sp³-hybridized carbons (Fsp3) is 0.655. The Labute approximate surface area is 226 Å². The minimum Gasteiger partial charge on any atom is -0.383 e. The highest BCUT2D eigenvalue weighted by molar-refractivity contribution is 7.11. The van der Waals surface area contributed by atoms with E-state index in [1.165, 1.54) is 6.07 Å². The molecule has 2 heterocycles. The van der Waals surface area contributed by atoms with E-state index in [0.29, 0.717) is 37.4 Å². The van der Waals surface area contributed by atoms with Crippen molar-refractivity contribution in [3.63, 3.8) is 0 Å². The Balaban J connectivity index is 1.23. The fourth-order valence-corrected chi connectivity index (χ4v) is 7.69. The first kappa shape index (κ1) is 27.6. The van der Waals surface area contributed by atoms with Crippen molar-refractivity contribution in [2.45, 2.75) is 103 Å². The SMILES string of the molecule is Cc1cnc(C2(O)CCC(NC3CC[C@@](C(=O)N4CCc5ccc(C(F)(F)F)cc5C4)(C(C)C)C3)CC2)s1. The van der Waals surface area contributed by atoms with Gasteiger partial charge in [-0.05, 0) is 87.5 Å². The molecular weight excluding hydrogens is 511 g/mol. The number of halogens is 3. The van der Waals surface area contributed by atoms with Gasteiger partial charge in [-0.2, -0.15) is 13.2 Å². The molecule has 0 saturated heterocycles. The molecule has 1 aromatic carbocycles. The number of thiazole rings is 1. The average molecular weight is 550 g/mol. The van der Waals surface area contributed by atoms with Crippen molar-refractivity contribution >= 4 is 17.2 Å². The van der Waals surface area contributed by atoms with Gasteiger partial charge in [-0.1, -0.05) is 19.9 Å². The Bertz CT molecular complexity index is 1170. The lowest BCUT2D eigenvalue weighted by Crippen LogP contribution is -2.49. The third-order valence-corrected chi connectivity index (χ3v) is 10.3. The molecule has 2 saturated carbocycles. The van der Waals surface area contributed by atoms with Crippen LogP contribution in [0.1, 0.15) is 85.4 Å². The number of nitrogens with one attached hydrogen (secondary N) is 1. The van der Waals surface area contributed by atoms with Crippen LogP contribution >= 0.6 is 11.3 Å². The number of carbonyl (C=O) groups excluding carboxylic acids is 1. The predicted molar refractivity (Wildman–Crippen MR) is 142 cm³/mol. The van der Waals surface area contributed by atoms with Gasteiger partial charge in [0.05, 0.1) is 11.0 Å². The predicted octanol–water partition coefficient (Wildman–Crippen LogP) is 5.97. The smallest absolute Gasteiger partial charge is 0.383 e. The number of carbonyl (C=O) groups is 1. The van der Waals surface area contributed by atoms with Crippen LogP contribution in [-0.4, -0.2) is 39.5 Å². The minimum atomic E-state index is -4.39. The van der Waals surface area contributed by atoms with Gasteiger partial charge >= 0.3 is 6.18 Å². The van der Waals surface area contributed by atoms with Gasteiger partial charge in [0.25, 0.3) is 0 Å². The fourth-order valence-electron chi connectivity index (χ4n) is 6.78. The first-order chi connectivity index (χ1) is 17.9. The summed E-state index contributed by atoms with van der Waals surface area (Å²) < 4.78 is 39.9. The summed E-state index contributed by atoms with van der Waals surface area (Å²) in [6, 6.07) is 4.43. The number of fused-ring (bicyclic) bond motifs is 1. The van der Waals surface area contributed by atoms with E-state index in [1.54, 1.807) is 22.3 Å². The molecular formula is C29H38F3N3O2S. The first-order valence-corrected chi connectivity index (χ1v) is 14.6. The highest BCUT2D eigenvalue weighted by Gasteiger charge is 2.50. The number of benzene rings is 1. The largest absolute Gasteiger partial charge is 0.416 e. The molecule has 0 bridgehead atoms. The number of hydrogen-bond acceptors (Lipinski definition) is 5. The van der Waals surface area contributed by atoms with Crippen molar-refractivity contribution in [1.82, 2.24) is 15.2 Å². The van der Waals surface area contributed by atoms with Gasteiger partial charge in [0.2, 0.25) is 5.91 Å². The van der Waals surface area contributed by atoms with E-state index in [0.717, 1.165) is 53.6 Å². The zero-order valence-corrected chi connectivity index (χ0v) is 23.2. The van der Waals surface area contributed by atoms with Crippen LogP contribution in [0.4, 0.5) is 13.2 Å². The number of alkyl halides is 3. The summed E-state index contributed by atoms with van der Waals surface area (Å²) in [6.07, 6.45) is 3.49. The molecule has 5 rings (SSSR count). The molecule has 5 nitrogen and oxygen atoms in total. The Morgan fingerprint density at radius 2 is 1.87 bits per heavy atom. The van der Waals surface area contributed by atoms with Crippen LogP contribution in [0.3, 0.4) is 0 Å². The molecule has 3 aliphatic rings. The lowest BCUT2D eigenvalue weighted by molar-refractivity contribution is -0.145. The summed E-state index contributed by atoms with van der Waals surface area (Å²) in [5.41, 5.74) is -0.502. The summed E-state index contributed by atoms with van der Waals surface area (Å²) in [7, 11) is 0. The number of aliphatic hydroxyl groups is 1. The van der Waals surface area contributed by atoms with Gasteiger partial charge in [-0.15, -0.1) is 11.3 Å². The number of aromatic nitrogens is 1. The highest BCUT2D eigenvalue weighted by atomic mass is 32.1. The van der Waals surface area contributed by atoms with Gasteiger partial charge in [-0.25, -0.2) is 4.98 Å². The van der Waals surface area contributed by atoms with E-state index >= 15 is 0 Å². The molecule has 2 aliphatic carbocycles. The van der Waals surface area contributed by atoms with Gasteiger partial charge in [0, 0.05) is 36.2 Å². The molecule has 0 radical (unpaired) electrons. The zero-order chi connectivity index (χ0) is 27.3. The van der Waals surface area contributed by atoms with Crippen LogP contribution in [0.15, 0.2) is 24.4 Å². The van der Waals surface area contributed by atoms with E-state index in [2.05, 4.69) is 24.1 Å². The number of aryl methyl sites for hydroxylation is 1. The standard InChI is InChI=1S/C29H38F3N3O2S/c1-18(2)27(26(36)35-13-9-20-4-5-22(29(30,31)32)14-21(20)17-35)10-6-24(15-27)34-23-7-11-28(37,12-8-23)25-33-16-19(3)38-25/h4-5,14,16,18,23-24,34,37H,6-13,15,17H2,1-3H3/t23?,24?,27-,28?/m0/s1. The van der Waals surface area contributed by atoms with Gasteiger partial charge in [0.1, 0.15) is 10.6 Å². The zero-order valence-electron chi connectivity index (χ0n) is 22.4. The number of amides is 1. The topological polar surface area (TPSA) is 65.5 Å². The summed E-state index contributed by atoms with van der Waals surface area (Å²) in [6.45, 7) is 6.97. The van der Waals surface area contributed by atoms with Crippen molar-refractivity contribution in [2.24, 2.45) is 11.3 Å². The van der Waals surface area contributed by atoms with Crippen LogP contribution in [0.2, 0.25) is 0 Å². The number of rotatable bonds is 5. The number of nitrogens with zero attached hydrogens (tertiary/aromatic N) is 2. The maximum Gasteiger partial charge on any atom is 0.416 e. The second-order valence-electron chi connectivity index (χ2n) is 12.0. The van der Waals surface area contributed by atoms with E-state index in [1.807, 2.05) is 13.1 Å². The maximum absolute atomic E-state index is 14.0. The maximum atomic E-state index is 14.0. The first-order valence-electron chi connectivity index (χ1n) is 13.8. The second kappa shape index (κ2) is 10.2. The van der Waals surface area contributed by atoms with E-state index in [9.17, 15) is 23.1 Å². The second-order valence-corrected chi connectivity index (χ2v) is 13.2. The Morgan fingerprint density at radius 3 is 2.50 bits per heavy atom. The lowest BCUT2D eigenvalue weighted by atomic mass is 9.73. The van der Waals surface area contributed by atoms with Crippen LogP contribution in [0.5, 0.6) is 0 Å². The third kappa shape index (κ3) is 5.26. The van der Waals surface area contributed by atoms with Crippen molar-refractivity contribution in [3.8, 4) is 0 Å². The van der Waals surface area contributed by atoms with Crippen molar-refractivity contribution in [2.75, 3.05) is 6.54 Å². The van der Waals surface area contributed by atoms with Crippen LogP contribution in [0.25, 0.3) is 0 Å². The quantitative estimate of drug-likeness (QED) is 0.482. The monoisotopic (exact) mass is 549 g/mol. The molecule has 1 aliphatic heterocycles. The average Bonchev–Trinajstić information content (AvgIpc) is 3.51.